The number of fused-ring (bicyclic) bond motifs is 1. The number of nitrogens with one attached hydrogen (secondary N) is 1. The van der Waals surface area contributed by atoms with Crippen LogP contribution in [0, 0.1) is 0 Å². The second kappa shape index (κ2) is 19.2. The minimum atomic E-state index is -5.97. The van der Waals surface area contributed by atoms with Gasteiger partial charge in [0.2, 0.25) is 5.95 Å². The average Bonchev–Trinajstić information content (AvgIpc) is 3.52. The second-order valence-corrected chi connectivity index (χ2v) is 15.0. The summed E-state index contributed by atoms with van der Waals surface area (Å²) in [7, 11) is -23.2. The van der Waals surface area contributed by atoms with Gasteiger partial charge in [-0.25, -0.2) is 23.2 Å². The maximum absolute atomic E-state index is 11.9. The van der Waals surface area contributed by atoms with Gasteiger partial charge >= 0.3 is 31.3 Å². The van der Waals surface area contributed by atoms with Crippen LogP contribution in [0.15, 0.2) is 11.1 Å². The van der Waals surface area contributed by atoms with Crippen LogP contribution in [0.25, 0.3) is 11.2 Å². The number of H-pyrrole nitrogens is 1. The molecule has 6 atom stereocenters. The molecule has 0 aliphatic carbocycles. The van der Waals surface area contributed by atoms with Crippen molar-refractivity contribution < 1.29 is 89.3 Å². The first-order valence-corrected chi connectivity index (χ1v) is 19.2. The molecule has 12 N–H and O–H groups in total. The largest absolute Gasteiger partial charge is 0.490 e. The number of hydrogen-bond donors (Lipinski definition) is 10. The van der Waals surface area contributed by atoms with Gasteiger partial charge in [-0.2, -0.15) is 17.9 Å². The van der Waals surface area contributed by atoms with Gasteiger partial charge in [-0.3, -0.25) is 18.9 Å². The SMILES string of the molecule is NCCOCCOCCOCCO.Nc1nc2c(ncn2[C@H]2C[C@H](O)[C@@H](COP(=O)(O)OP(=O)(O)OP(=O)(O)OP(=O)(O)O)O2)c(=O)[nH]1. The summed E-state index contributed by atoms with van der Waals surface area (Å²) in [6.45, 7) is 2.77. The van der Waals surface area contributed by atoms with E-state index in [1.807, 2.05) is 0 Å². The molecule has 0 bridgehead atoms. The fraction of sp³-hybridized carbons (Fsp3) is 0.722. The predicted molar refractivity (Wildman–Crippen MR) is 156 cm³/mol. The molecule has 30 heteroatoms. The van der Waals surface area contributed by atoms with E-state index in [-0.39, 0.29) is 30.1 Å². The molecular weight excluding hydrogens is 744 g/mol. The quantitative estimate of drug-likeness (QED) is 0.0503. The Morgan fingerprint density at radius 2 is 1.48 bits per heavy atom. The summed E-state index contributed by atoms with van der Waals surface area (Å²) in [5, 5.41) is 18.5. The second-order valence-electron chi connectivity index (χ2n) is 8.99. The number of hydrogen-bond acceptors (Lipinski definition) is 19. The number of nitrogens with two attached hydrogens (primary N) is 2. The number of aromatic nitrogens is 4. The summed E-state index contributed by atoms with van der Waals surface area (Å²) in [6.07, 6.45) is -2.68. The molecule has 3 unspecified atom stereocenters. The van der Waals surface area contributed by atoms with E-state index < -0.39 is 61.9 Å². The van der Waals surface area contributed by atoms with Crippen LogP contribution in [-0.4, -0.2) is 126 Å². The number of imidazole rings is 1. The van der Waals surface area contributed by atoms with Crippen molar-refractivity contribution in [3.8, 4) is 0 Å². The van der Waals surface area contributed by atoms with Crippen molar-refractivity contribution in [2.45, 2.75) is 24.9 Å². The highest BCUT2D eigenvalue weighted by atomic mass is 31.3. The van der Waals surface area contributed by atoms with Crippen LogP contribution in [0.3, 0.4) is 0 Å². The highest BCUT2D eigenvalue weighted by Crippen LogP contribution is 2.70. The lowest BCUT2D eigenvalue weighted by Gasteiger charge is -2.20. The van der Waals surface area contributed by atoms with E-state index in [0.717, 1.165) is 0 Å². The summed E-state index contributed by atoms with van der Waals surface area (Å²) < 4.78 is 82.4. The molecule has 2 aromatic heterocycles. The average molecular weight is 780 g/mol. The van der Waals surface area contributed by atoms with Gasteiger partial charge in [-0.15, -0.1) is 0 Å². The van der Waals surface area contributed by atoms with E-state index in [9.17, 15) is 37.9 Å². The Morgan fingerprint density at radius 1 is 0.917 bits per heavy atom. The lowest BCUT2D eigenvalue weighted by atomic mass is 10.2. The number of nitrogen functional groups attached to an aromatic ring is 1. The Morgan fingerprint density at radius 3 is 2.06 bits per heavy atom. The van der Waals surface area contributed by atoms with Crippen LogP contribution in [0.2, 0.25) is 0 Å². The number of aliphatic hydroxyl groups excluding tert-OH is 2. The van der Waals surface area contributed by atoms with Gasteiger partial charge in [0.05, 0.1) is 65.3 Å². The number of aromatic amines is 1. The fourth-order valence-electron chi connectivity index (χ4n) is 3.50. The van der Waals surface area contributed by atoms with Gasteiger partial charge in [-0.1, -0.05) is 0 Å². The van der Waals surface area contributed by atoms with Crippen molar-refractivity contribution in [3.05, 3.63) is 16.7 Å². The first kappa shape index (κ1) is 42.6. The molecule has 1 saturated heterocycles. The molecule has 0 amide bonds. The lowest BCUT2D eigenvalue weighted by Crippen LogP contribution is -2.26. The molecule has 1 aliphatic rings. The van der Waals surface area contributed by atoms with Crippen LogP contribution < -0.4 is 17.0 Å². The van der Waals surface area contributed by atoms with Gasteiger partial charge in [0, 0.05) is 13.0 Å². The van der Waals surface area contributed by atoms with Gasteiger partial charge in [0.15, 0.2) is 11.2 Å². The molecule has 2 aromatic rings. The van der Waals surface area contributed by atoms with Crippen molar-refractivity contribution >= 4 is 48.4 Å². The number of phosphoric acid groups is 4. The van der Waals surface area contributed by atoms with Crippen molar-refractivity contribution in [1.82, 2.24) is 19.5 Å². The van der Waals surface area contributed by atoms with E-state index in [1.165, 1.54) is 10.9 Å². The van der Waals surface area contributed by atoms with E-state index in [4.69, 9.17) is 50.2 Å². The first-order chi connectivity index (χ1) is 22.3. The Hall–Kier alpha value is -1.57. The van der Waals surface area contributed by atoms with E-state index in [0.29, 0.717) is 46.2 Å². The van der Waals surface area contributed by atoms with Crippen molar-refractivity contribution in [1.29, 1.82) is 0 Å². The molecule has 48 heavy (non-hydrogen) atoms. The molecule has 0 radical (unpaired) electrons. The summed E-state index contributed by atoms with van der Waals surface area (Å²) in [5.74, 6) is -0.227. The third-order valence-electron chi connectivity index (χ3n) is 5.23. The molecule has 1 aliphatic heterocycles. The topological polar surface area (TPSA) is 399 Å². The van der Waals surface area contributed by atoms with Crippen LogP contribution in [0.5, 0.6) is 0 Å². The minimum Gasteiger partial charge on any atom is -0.394 e. The highest BCUT2D eigenvalue weighted by Gasteiger charge is 2.46. The zero-order valence-electron chi connectivity index (χ0n) is 24.6. The highest BCUT2D eigenvalue weighted by molar-refractivity contribution is 7.69. The molecule has 26 nitrogen and oxygen atoms in total. The Labute approximate surface area is 269 Å². The standard InChI is InChI=1S/C10H17N5O16P4.C8H19NO4/c11-10-13-8-7(9(17)14-10)12-3-15(8)6-1-4(16)5(28-6)2-27-33(21,22)30-35(25,26)31-34(23,24)29-32(18,19)20;9-1-3-11-5-7-13-8-6-12-4-2-10/h3-6,16H,1-2H2,(H,21,22)(H,23,24)(H,25,26)(H2,18,19,20)(H3,11,13,14,17);10H,1-9H2/t4-,5+,6+;/m0./s1. The third-order valence-corrected chi connectivity index (χ3v) is 10.7. The fourth-order valence-corrected chi connectivity index (χ4v) is 7.96. The Balaban J connectivity index is 0.000000521. The smallest absolute Gasteiger partial charge is 0.394 e. The van der Waals surface area contributed by atoms with Gasteiger partial charge < -0.3 is 65.1 Å². The van der Waals surface area contributed by atoms with E-state index in [2.05, 4.69) is 32.4 Å². The van der Waals surface area contributed by atoms with Crippen molar-refractivity contribution in [2.75, 3.05) is 65.1 Å². The molecule has 3 rings (SSSR count). The van der Waals surface area contributed by atoms with Crippen LogP contribution >= 0.6 is 31.3 Å². The van der Waals surface area contributed by atoms with E-state index >= 15 is 0 Å². The monoisotopic (exact) mass is 780 g/mol. The number of rotatable bonds is 20. The molecule has 0 saturated carbocycles. The maximum Gasteiger partial charge on any atom is 0.490 e. The number of ether oxygens (including phenoxy) is 4. The van der Waals surface area contributed by atoms with Crippen molar-refractivity contribution in [3.63, 3.8) is 0 Å². The summed E-state index contributed by atoms with van der Waals surface area (Å²) in [5.41, 5.74) is 9.98. The zero-order chi connectivity index (χ0) is 36.2. The van der Waals surface area contributed by atoms with Crippen LogP contribution in [-0.2, 0) is 54.7 Å². The van der Waals surface area contributed by atoms with Crippen molar-refractivity contribution in [2.24, 2.45) is 5.73 Å². The Kier molecular flexibility index (Phi) is 17.0. The van der Waals surface area contributed by atoms with Crippen LogP contribution in [0.4, 0.5) is 5.95 Å². The van der Waals surface area contributed by atoms with Gasteiger partial charge in [0.25, 0.3) is 5.56 Å². The summed E-state index contributed by atoms with van der Waals surface area (Å²) in [4.78, 5) is 66.8. The molecule has 0 aromatic carbocycles. The number of anilines is 1. The number of phosphoric ester groups is 1. The summed E-state index contributed by atoms with van der Waals surface area (Å²) in [6, 6.07) is 0. The molecule has 3 heterocycles. The van der Waals surface area contributed by atoms with Gasteiger partial charge in [-0.05, 0) is 0 Å². The number of aliphatic hydroxyl groups is 2. The first-order valence-electron chi connectivity index (χ1n) is 13.2. The number of nitrogens with zero attached hydrogens (tertiary/aromatic N) is 3. The normalized spacial score (nSPS) is 22.0. The maximum atomic E-state index is 11.9. The Bertz CT molecular complexity index is 1540. The van der Waals surface area contributed by atoms with Gasteiger partial charge in [0.1, 0.15) is 12.3 Å². The molecular formula is C18H36N6O20P4. The minimum absolute atomic E-state index is 0.00510. The lowest BCUT2D eigenvalue weighted by molar-refractivity contribution is -0.0423. The van der Waals surface area contributed by atoms with Crippen LogP contribution in [0.1, 0.15) is 12.6 Å². The molecule has 0 spiro atoms. The predicted octanol–water partition coefficient (Wildman–Crippen LogP) is -2.20. The third kappa shape index (κ3) is 15.5. The zero-order valence-corrected chi connectivity index (χ0v) is 28.2. The molecule has 278 valence electrons. The summed E-state index contributed by atoms with van der Waals surface area (Å²) >= 11 is 0. The van der Waals surface area contributed by atoms with E-state index in [1.54, 1.807) is 0 Å². The molecule has 1 fully saturated rings.